The largest absolute Gasteiger partial charge is 0.324 e. The van der Waals surface area contributed by atoms with Crippen molar-refractivity contribution in [1.82, 2.24) is 4.98 Å². The lowest BCUT2D eigenvalue weighted by atomic mass is 10.0. The Balaban J connectivity index is 2.18. The van der Waals surface area contributed by atoms with Gasteiger partial charge in [-0.15, -0.1) is 0 Å². The summed E-state index contributed by atoms with van der Waals surface area (Å²) in [7, 11) is 0. The molecule has 0 radical (unpaired) electrons. The standard InChI is InChI=1S/C14H14BrClN2/c1-9-2-3-10(13(16)4-9)6-14(17)11-5-12(15)8-18-7-11/h2-5,7-8,14H,6,17H2,1H3. The maximum absolute atomic E-state index is 6.21. The number of hydrogen-bond acceptors (Lipinski definition) is 2. The highest BCUT2D eigenvalue weighted by Crippen LogP contribution is 2.24. The van der Waals surface area contributed by atoms with Gasteiger partial charge in [0.2, 0.25) is 0 Å². The number of rotatable bonds is 3. The number of nitrogens with zero attached hydrogens (tertiary/aromatic N) is 1. The van der Waals surface area contributed by atoms with Gasteiger partial charge in [-0.05, 0) is 58.1 Å². The van der Waals surface area contributed by atoms with Gasteiger partial charge in [0.25, 0.3) is 0 Å². The second kappa shape index (κ2) is 5.83. The quantitative estimate of drug-likeness (QED) is 0.924. The van der Waals surface area contributed by atoms with Gasteiger partial charge in [-0.25, -0.2) is 0 Å². The van der Waals surface area contributed by atoms with Gasteiger partial charge >= 0.3 is 0 Å². The molecule has 0 bridgehead atoms. The summed E-state index contributed by atoms with van der Waals surface area (Å²) in [6, 6.07) is 7.92. The fraction of sp³-hybridized carbons (Fsp3) is 0.214. The van der Waals surface area contributed by atoms with E-state index in [1.54, 1.807) is 12.4 Å². The zero-order valence-electron chi connectivity index (χ0n) is 10.0. The molecule has 1 atom stereocenters. The molecule has 94 valence electrons. The minimum atomic E-state index is -0.102. The van der Waals surface area contributed by atoms with E-state index in [0.717, 1.165) is 26.2 Å². The molecule has 1 unspecified atom stereocenters. The van der Waals surface area contributed by atoms with E-state index in [4.69, 9.17) is 17.3 Å². The lowest BCUT2D eigenvalue weighted by Crippen LogP contribution is -2.14. The Kier molecular flexibility index (Phi) is 4.38. The number of aromatic nitrogens is 1. The number of pyridine rings is 1. The Morgan fingerprint density at radius 1 is 1.33 bits per heavy atom. The van der Waals surface area contributed by atoms with Crippen LogP contribution in [0.1, 0.15) is 22.7 Å². The molecule has 0 aliphatic carbocycles. The van der Waals surface area contributed by atoms with Crippen LogP contribution in [0.2, 0.25) is 5.02 Å². The zero-order valence-corrected chi connectivity index (χ0v) is 12.4. The van der Waals surface area contributed by atoms with E-state index in [-0.39, 0.29) is 6.04 Å². The summed E-state index contributed by atoms with van der Waals surface area (Å²) in [6.45, 7) is 2.02. The summed E-state index contributed by atoms with van der Waals surface area (Å²) >= 11 is 9.61. The molecule has 2 rings (SSSR count). The summed E-state index contributed by atoms with van der Waals surface area (Å²) in [6.07, 6.45) is 4.24. The Morgan fingerprint density at radius 3 is 2.78 bits per heavy atom. The van der Waals surface area contributed by atoms with E-state index >= 15 is 0 Å². The van der Waals surface area contributed by atoms with Crippen LogP contribution in [0, 0.1) is 6.92 Å². The fourth-order valence-corrected chi connectivity index (χ4v) is 2.50. The van der Waals surface area contributed by atoms with Crippen molar-refractivity contribution in [3.63, 3.8) is 0 Å². The van der Waals surface area contributed by atoms with Crippen LogP contribution in [-0.4, -0.2) is 4.98 Å². The van der Waals surface area contributed by atoms with Crippen LogP contribution in [0.5, 0.6) is 0 Å². The first kappa shape index (κ1) is 13.5. The maximum Gasteiger partial charge on any atom is 0.0441 e. The Morgan fingerprint density at radius 2 is 2.11 bits per heavy atom. The molecule has 1 aromatic heterocycles. The lowest BCUT2D eigenvalue weighted by molar-refractivity contribution is 0.717. The minimum absolute atomic E-state index is 0.102. The van der Waals surface area contributed by atoms with E-state index in [0.29, 0.717) is 6.42 Å². The van der Waals surface area contributed by atoms with Crippen molar-refractivity contribution in [2.75, 3.05) is 0 Å². The van der Waals surface area contributed by atoms with Gasteiger partial charge in [0.15, 0.2) is 0 Å². The van der Waals surface area contributed by atoms with Crippen LogP contribution in [0.4, 0.5) is 0 Å². The van der Waals surface area contributed by atoms with Gasteiger partial charge in [0.1, 0.15) is 0 Å². The predicted molar refractivity (Wildman–Crippen MR) is 78.8 cm³/mol. The molecule has 2 nitrogen and oxygen atoms in total. The van der Waals surface area contributed by atoms with Gasteiger partial charge < -0.3 is 5.73 Å². The monoisotopic (exact) mass is 324 g/mol. The molecule has 0 saturated heterocycles. The SMILES string of the molecule is Cc1ccc(CC(N)c2cncc(Br)c2)c(Cl)c1. The third kappa shape index (κ3) is 3.31. The van der Waals surface area contributed by atoms with Crippen molar-refractivity contribution in [3.8, 4) is 0 Å². The predicted octanol–water partition coefficient (Wildman–Crippen LogP) is 4.05. The molecule has 0 aliphatic heterocycles. The normalized spacial score (nSPS) is 12.4. The van der Waals surface area contributed by atoms with Gasteiger partial charge in [0.05, 0.1) is 0 Å². The van der Waals surface area contributed by atoms with E-state index < -0.39 is 0 Å². The smallest absolute Gasteiger partial charge is 0.0441 e. The third-order valence-electron chi connectivity index (χ3n) is 2.80. The van der Waals surface area contributed by atoms with E-state index in [9.17, 15) is 0 Å². The number of benzene rings is 1. The number of hydrogen-bond donors (Lipinski definition) is 1. The van der Waals surface area contributed by atoms with Crippen LogP contribution in [0.3, 0.4) is 0 Å². The number of nitrogens with two attached hydrogens (primary N) is 1. The fourth-order valence-electron chi connectivity index (χ4n) is 1.80. The molecule has 1 heterocycles. The van der Waals surface area contributed by atoms with Crippen molar-refractivity contribution >= 4 is 27.5 Å². The summed E-state index contributed by atoms with van der Waals surface area (Å²) in [5.74, 6) is 0. The Bertz CT molecular complexity index is 557. The minimum Gasteiger partial charge on any atom is -0.324 e. The summed E-state index contributed by atoms with van der Waals surface area (Å²) < 4.78 is 0.936. The Labute approximate surface area is 120 Å². The number of halogens is 2. The molecule has 18 heavy (non-hydrogen) atoms. The van der Waals surface area contributed by atoms with Gasteiger partial charge in [0, 0.05) is 27.9 Å². The summed E-state index contributed by atoms with van der Waals surface area (Å²) in [4.78, 5) is 4.12. The van der Waals surface area contributed by atoms with Crippen LogP contribution in [0.15, 0.2) is 41.1 Å². The molecule has 2 N–H and O–H groups in total. The van der Waals surface area contributed by atoms with E-state index in [1.165, 1.54) is 0 Å². The maximum atomic E-state index is 6.21. The van der Waals surface area contributed by atoms with Crippen molar-refractivity contribution in [2.24, 2.45) is 5.73 Å². The van der Waals surface area contributed by atoms with Crippen molar-refractivity contribution in [3.05, 3.63) is 62.8 Å². The van der Waals surface area contributed by atoms with E-state index in [1.807, 2.05) is 31.2 Å². The Hall–Kier alpha value is -0.900. The average molecular weight is 326 g/mol. The van der Waals surface area contributed by atoms with Crippen LogP contribution >= 0.6 is 27.5 Å². The molecule has 4 heteroatoms. The molecule has 0 spiro atoms. The molecule has 1 aromatic carbocycles. The topological polar surface area (TPSA) is 38.9 Å². The lowest BCUT2D eigenvalue weighted by Gasteiger charge is -2.13. The third-order valence-corrected chi connectivity index (χ3v) is 3.59. The van der Waals surface area contributed by atoms with Gasteiger partial charge in [-0.3, -0.25) is 4.98 Å². The molecule has 0 saturated carbocycles. The highest BCUT2D eigenvalue weighted by molar-refractivity contribution is 9.10. The average Bonchev–Trinajstić information content (AvgIpc) is 2.32. The first-order valence-corrected chi connectivity index (χ1v) is 6.84. The molecular formula is C14H14BrClN2. The van der Waals surface area contributed by atoms with Gasteiger partial charge in [-0.2, -0.15) is 0 Å². The molecule has 0 fully saturated rings. The van der Waals surface area contributed by atoms with Crippen LogP contribution < -0.4 is 5.73 Å². The first-order valence-electron chi connectivity index (χ1n) is 5.67. The van der Waals surface area contributed by atoms with Crippen molar-refractivity contribution in [1.29, 1.82) is 0 Å². The first-order chi connectivity index (χ1) is 8.56. The second-order valence-electron chi connectivity index (χ2n) is 4.34. The van der Waals surface area contributed by atoms with Crippen LogP contribution in [0.25, 0.3) is 0 Å². The van der Waals surface area contributed by atoms with E-state index in [2.05, 4.69) is 20.9 Å². The van der Waals surface area contributed by atoms with Crippen molar-refractivity contribution < 1.29 is 0 Å². The number of aryl methyl sites for hydroxylation is 1. The highest BCUT2D eigenvalue weighted by Gasteiger charge is 2.10. The zero-order chi connectivity index (χ0) is 13.1. The summed E-state index contributed by atoms with van der Waals surface area (Å²) in [5, 5.41) is 0.772. The van der Waals surface area contributed by atoms with Gasteiger partial charge in [-0.1, -0.05) is 23.7 Å². The molecule has 2 aromatic rings. The molecular weight excluding hydrogens is 312 g/mol. The summed E-state index contributed by atoms with van der Waals surface area (Å²) in [5.41, 5.74) is 9.40. The highest BCUT2D eigenvalue weighted by atomic mass is 79.9. The van der Waals surface area contributed by atoms with Crippen molar-refractivity contribution in [2.45, 2.75) is 19.4 Å². The van der Waals surface area contributed by atoms with Crippen LogP contribution in [-0.2, 0) is 6.42 Å². The second-order valence-corrected chi connectivity index (χ2v) is 5.66. The molecule has 0 aliphatic rings. The molecule has 0 amide bonds.